The van der Waals surface area contributed by atoms with Crippen LogP contribution in [0, 0.1) is 0 Å². The fourth-order valence-electron chi connectivity index (χ4n) is 1.04. The maximum Gasteiger partial charge on any atom is 0.260 e. The molecule has 86 valence electrons. The second-order valence-electron chi connectivity index (χ2n) is 3.47. The molecule has 0 bridgehead atoms. The van der Waals surface area contributed by atoms with Gasteiger partial charge in [-0.2, -0.15) is 9.40 Å². The lowest BCUT2D eigenvalue weighted by molar-refractivity contribution is 0.408. The molecule has 1 N–H and O–H groups in total. The minimum Gasteiger partial charge on any atom is -0.266 e. The number of hydrogen-bond donors (Lipinski definition) is 1. The largest absolute Gasteiger partial charge is 0.266 e. The van der Waals surface area contributed by atoms with Crippen LogP contribution >= 0.6 is 11.6 Å². The highest BCUT2D eigenvalue weighted by molar-refractivity contribution is 7.89. The van der Waals surface area contributed by atoms with E-state index in [1.54, 1.807) is 13.8 Å². The zero-order valence-corrected chi connectivity index (χ0v) is 10.4. The van der Waals surface area contributed by atoms with Crippen molar-refractivity contribution in [2.24, 2.45) is 0 Å². The molecular weight excluding hydrogens is 238 g/mol. The van der Waals surface area contributed by atoms with E-state index in [2.05, 4.69) is 10.2 Å². The molecule has 1 heterocycles. The van der Waals surface area contributed by atoms with Crippen LogP contribution in [-0.4, -0.2) is 36.0 Å². The Morgan fingerprint density at radius 2 is 2.20 bits per heavy atom. The molecule has 0 saturated heterocycles. The maximum atomic E-state index is 12.0. The molecular formula is C8H14ClN3O2S. The second-order valence-corrected chi connectivity index (χ2v) is 5.67. The van der Waals surface area contributed by atoms with E-state index in [1.807, 2.05) is 0 Å². The first-order valence-corrected chi connectivity index (χ1v) is 6.45. The average molecular weight is 252 g/mol. The molecule has 1 aromatic rings. The Morgan fingerprint density at radius 3 is 2.67 bits per heavy atom. The smallest absolute Gasteiger partial charge is 0.260 e. The van der Waals surface area contributed by atoms with Gasteiger partial charge in [0.2, 0.25) is 0 Å². The Morgan fingerprint density at radius 1 is 1.60 bits per heavy atom. The summed E-state index contributed by atoms with van der Waals surface area (Å²) in [5.41, 5.74) is 0.490. The Kier molecular flexibility index (Phi) is 3.75. The molecule has 0 saturated carbocycles. The third-order valence-corrected chi connectivity index (χ3v) is 4.52. The monoisotopic (exact) mass is 251 g/mol. The van der Waals surface area contributed by atoms with E-state index in [4.69, 9.17) is 11.6 Å². The molecule has 15 heavy (non-hydrogen) atoms. The van der Waals surface area contributed by atoms with Crippen molar-refractivity contribution in [1.82, 2.24) is 14.5 Å². The van der Waals surface area contributed by atoms with Gasteiger partial charge in [-0.1, -0.05) is 0 Å². The van der Waals surface area contributed by atoms with Gasteiger partial charge in [0.05, 0.1) is 12.1 Å². The van der Waals surface area contributed by atoms with E-state index in [1.165, 1.54) is 17.5 Å². The molecule has 7 heteroatoms. The number of rotatable bonds is 4. The lowest BCUT2D eigenvalue weighted by Crippen LogP contribution is -2.33. The van der Waals surface area contributed by atoms with Gasteiger partial charge < -0.3 is 0 Å². The zero-order chi connectivity index (χ0) is 11.6. The van der Waals surface area contributed by atoms with Gasteiger partial charge in [-0.3, -0.25) is 5.10 Å². The van der Waals surface area contributed by atoms with Gasteiger partial charge in [-0.05, 0) is 13.8 Å². The van der Waals surface area contributed by atoms with Gasteiger partial charge in [0.1, 0.15) is 0 Å². The second kappa shape index (κ2) is 4.51. The fraction of sp³-hybridized carbons (Fsp3) is 0.625. The highest BCUT2D eigenvalue weighted by atomic mass is 35.5. The summed E-state index contributed by atoms with van der Waals surface area (Å²) in [7, 11) is -1.98. The van der Waals surface area contributed by atoms with Crippen LogP contribution in [0.1, 0.15) is 19.4 Å². The van der Waals surface area contributed by atoms with Crippen molar-refractivity contribution in [2.45, 2.75) is 30.8 Å². The normalized spacial score (nSPS) is 12.7. The molecule has 0 fully saturated rings. The number of hydrogen-bond acceptors (Lipinski definition) is 3. The van der Waals surface area contributed by atoms with Crippen LogP contribution in [0.4, 0.5) is 0 Å². The van der Waals surface area contributed by atoms with Gasteiger partial charge in [0.25, 0.3) is 10.0 Å². The molecule has 0 spiro atoms. The van der Waals surface area contributed by atoms with Crippen LogP contribution < -0.4 is 0 Å². The van der Waals surface area contributed by atoms with Crippen LogP contribution in [0.25, 0.3) is 0 Å². The van der Waals surface area contributed by atoms with Crippen LogP contribution in [0.3, 0.4) is 0 Å². The van der Waals surface area contributed by atoms with E-state index in [0.29, 0.717) is 5.56 Å². The SMILES string of the molecule is CC(C)N(C)S(=O)(=O)c1[nH]ncc1CCl. The number of H-pyrrole nitrogens is 1. The van der Waals surface area contributed by atoms with Crippen LogP contribution in [0.15, 0.2) is 11.2 Å². The van der Waals surface area contributed by atoms with Gasteiger partial charge in [0, 0.05) is 18.7 Å². The molecule has 0 unspecified atom stereocenters. The van der Waals surface area contributed by atoms with Crippen LogP contribution in [-0.2, 0) is 15.9 Å². The molecule has 1 aromatic heterocycles. The van der Waals surface area contributed by atoms with Crippen LogP contribution in [0.2, 0.25) is 0 Å². The molecule has 0 radical (unpaired) electrons. The molecule has 0 aliphatic carbocycles. The van der Waals surface area contributed by atoms with Crippen molar-refractivity contribution < 1.29 is 8.42 Å². The van der Waals surface area contributed by atoms with Crippen molar-refractivity contribution in [2.75, 3.05) is 7.05 Å². The molecule has 0 aliphatic rings. The van der Waals surface area contributed by atoms with E-state index < -0.39 is 10.0 Å². The van der Waals surface area contributed by atoms with E-state index in [9.17, 15) is 8.42 Å². The van der Waals surface area contributed by atoms with Crippen molar-refractivity contribution >= 4 is 21.6 Å². The average Bonchev–Trinajstić information content (AvgIpc) is 2.64. The third kappa shape index (κ3) is 2.32. The number of alkyl halides is 1. The summed E-state index contributed by atoms with van der Waals surface area (Å²) in [6.07, 6.45) is 1.42. The quantitative estimate of drug-likeness (QED) is 0.818. The van der Waals surface area contributed by atoms with Crippen molar-refractivity contribution in [3.8, 4) is 0 Å². The summed E-state index contributed by atoms with van der Waals surface area (Å²) in [5.74, 6) is 0.122. The summed E-state index contributed by atoms with van der Waals surface area (Å²) >= 11 is 5.62. The van der Waals surface area contributed by atoms with Crippen molar-refractivity contribution in [1.29, 1.82) is 0 Å². The minimum atomic E-state index is -3.51. The molecule has 0 aliphatic heterocycles. The van der Waals surface area contributed by atoms with Gasteiger partial charge in [-0.25, -0.2) is 8.42 Å². The predicted octanol–water partition coefficient (Wildman–Crippen LogP) is 1.18. The summed E-state index contributed by atoms with van der Waals surface area (Å²) in [4.78, 5) is 0. The molecule has 0 aromatic carbocycles. The molecule has 5 nitrogen and oxygen atoms in total. The minimum absolute atomic E-state index is 0.0775. The Hall–Kier alpha value is -0.590. The number of halogens is 1. The summed E-state index contributed by atoms with van der Waals surface area (Å²) in [5, 5.41) is 6.23. The topological polar surface area (TPSA) is 66.1 Å². The summed E-state index contributed by atoms with van der Waals surface area (Å²) in [6, 6.07) is -0.110. The van der Waals surface area contributed by atoms with Crippen LogP contribution in [0.5, 0.6) is 0 Å². The number of aromatic nitrogens is 2. The molecule has 0 amide bonds. The first-order chi connectivity index (χ1) is 6.91. The molecule has 1 rings (SSSR count). The van der Waals surface area contributed by atoms with Crippen molar-refractivity contribution in [3.63, 3.8) is 0 Å². The number of nitrogens with one attached hydrogen (secondary N) is 1. The number of aromatic amines is 1. The molecule has 0 atom stereocenters. The lowest BCUT2D eigenvalue weighted by Gasteiger charge is -2.20. The van der Waals surface area contributed by atoms with E-state index in [-0.39, 0.29) is 16.9 Å². The lowest BCUT2D eigenvalue weighted by atomic mass is 10.4. The van der Waals surface area contributed by atoms with E-state index >= 15 is 0 Å². The van der Waals surface area contributed by atoms with Crippen molar-refractivity contribution in [3.05, 3.63) is 11.8 Å². The number of nitrogens with zero attached hydrogens (tertiary/aromatic N) is 2. The summed E-state index contributed by atoms with van der Waals surface area (Å²) in [6.45, 7) is 3.60. The Bertz CT molecular complexity index is 427. The standard InChI is InChI=1S/C8H14ClN3O2S/c1-6(2)12(3)15(13,14)8-7(4-9)5-10-11-8/h5-6H,4H2,1-3H3,(H,10,11). The maximum absolute atomic E-state index is 12.0. The fourth-order valence-corrected chi connectivity index (χ4v) is 2.79. The van der Waals surface area contributed by atoms with Gasteiger partial charge >= 0.3 is 0 Å². The zero-order valence-electron chi connectivity index (χ0n) is 8.86. The number of sulfonamides is 1. The van der Waals surface area contributed by atoms with Gasteiger partial charge in [-0.15, -0.1) is 11.6 Å². The van der Waals surface area contributed by atoms with E-state index in [0.717, 1.165) is 0 Å². The Labute approximate surface area is 94.5 Å². The third-order valence-electron chi connectivity index (χ3n) is 2.19. The first kappa shape index (κ1) is 12.5. The highest BCUT2D eigenvalue weighted by Crippen LogP contribution is 2.19. The predicted molar refractivity (Wildman–Crippen MR) is 58.2 cm³/mol. The van der Waals surface area contributed by atoms with Gasteiger partial charge in [0.15, 0.2) is 5.03 Å². The Balaban J connectivity index is 3.17. The highest BCUT2D eigenvalue weighted by Gasteiger charge is 2.27. The summed E-state index contributed by atoms with van der Waals surface area (Å²) < 4.78 is 25.3. The first-order valence-electron chi connectivity index (χ1n) is 4.47.